The molecule has 2 rings (SSSR count). The molecule has 0 saturated carbocycles. The van der Waals surface area contributed by atoms with Crippen molar-refractivity contribution in [1.82, 2.24) is 5.06 Å². The predicted molar refractivity (Wildman–Crippen MR) is 70.5 cm³/mol. The Morgan fingerprint density at radius 2 is 2.16 bits per heavy atom. The molecule has 1 aliphatic heterocycles. The zero-order valence-corrected chi connectivity index (χ0v) is 11.7. The Labute approximate surface area is 116 Å². The summed E-state index contributed by atoms with van der Waals surface area (Å²) in [5, 5.41) is 1.64. The first-order chi connectivity index (χ1) is 9.11. The number of nitrogens with zero attached hydrogens (tertiary/aromatic N) is 1. The molecule has 1 aromatic carbocycles. The molecular formula is C13H16ClNO4. The molecule has 0 spiro atoms. The number of carbonyl (C=O) groups is 1. The fraction of sp³-hybridized carbons (Fsp3) is 0.462. The number of amides is 1. The van der Waals surface area contributed by atoms with Crippen LogP contribution in [0, 0.1) is 0 Å². The molecule has 0 radical (unpaired) electrons. The lowest BCUT2D eigenvalue weighted by Crippen LogP contribution is -2.26. The summed E-state index contributed by atoms with van der Waals surface area (Å²) in [6.45, 7) is 1.16. The van der Waals surface area contributed by atoms with Gasteiger partial charge in [-0.3, -0.25) is 9.63 Å². The van der Waals surface area contributed by atoms with Gasteiger partial charge < -0.3 is 9.47 Å². The molecule has 0 atom stereocenters. The molecule has 6 heteroatoms. The first-order valence-electron chi connectivity index (χ1n) is 6.00. The minimum atomic E-state index is -0.159. The van der Waals surface area contributed by atoms with Crippen molar-refractivity contribution >= 4 is 17.5 Å². The highest BCUT2D eigenvalue weighted by Crippen LogP contribution is 2.38. The van der Waals surface area contributed by atoms with E-state index in [9.17, 15) is 4.79 Å². The van der Waals surface area contributed by atoms with Gasteiger partial charge in [0.15, 0.2) is 11.5 Å². The summed E-state index contributed by atoms with van der Waals surface area (Å²) in [5.74, 6) is 0.983. The lowest BCUT2D eigenvalue weighted by molar-refractivity contribution is -0.167. The van der Waals surface area contributed by atoms with Crippen LogP contribution in [0.5, 0.6) is 11.5 Å². The standard InChI is InChI=1S/C13H16ClNO4/c1-15(17-2)12(16)8-9-6-10(14)13-11(7-9)18-4-3-5-19-13/h6-7H,3-5,8H2,1-2H3. The average Bonchev–Trinajstić information content (AvgIpc) is 2.63. The smallest absolute Gasteiger partial charge is 0.250 e. The van der Waals surface area contributed by atoms with Gasteiger partial charge in [0.2, 0.25) is 5.91 Å². The van der Waals surface area contributed by atoms with Crippen LogP contribution in [0.4, 0.5) is 0 Å². The van der Waals surface area contributed by atoms with Crippen molar-refractivity contribution in [2.24, 2.45) is 0 Å². The summed E-state index contributed by atoms with van der Waals surface area (Å²) in [4.78, 5) is 16.6. The van der Waals surface area contributed by atoms with Gasteiger partial charge in [0.1, 0.15) is 0 Å². The molecule has 5 nitrogen and oxygen atoms in total. The van der Waals surface area contributed by atoms with E-state index in [1.165, 1.54) is 12.2 Å². The number of hydrogen-bond donors (Lipinski definition) is 0. The van der Waals surface area contributed by atoms with E-state index < -0.39 is 0 Å². The third kappa shape index (κ3) is 3.30. The summed E-state index contributed by atoms with van der Waals surface area (Å²) in [6.07, 6.45) is 1.01. The Morgan fingerprint density at radius 1 is 1.42 bits per heavy atom. The first-order valence-corrected chi connectivity index (χ1v) is 6.38. The second-order valence-electron chi connectivity index (χ2n) is 4.21. The van der Waals surface area contributed by atoms with Gasteiger partial charge in [-0.2, -0.15) is 0 Å². The van der Waals surface area contributed by atoms with Crippen molar-refractivity contribution in [1.29, 1.82) is 0 Å². The largest absolute Gasteiger partial charge is 0.489 e. The van der Waals surface area contributed by atoms with Gasteiger partial charge in [0.05, 0.1) is 31.8 Å². The summed E-state index contributed by atoms with van der Waals surface area (Å²) in [7, 11) is 3.01. The molecule has 0 aromatic heterocycles. The van der Waals surface area contributed by atoms with Gasteiger partial charge in [-0.05, 0) is 17.7 Å². The monoisotopic (exact) mass is 285 g/mol. The molecule has 0 saturated heterocycles. The minimum absolute atomic E-state index is 0.159. The maximum absolute atomic E-state index is 11.8. The normalized spacial score (nSPS) is 13.8. The number of likely N-dealkylation sites (N-methyl/N-ethyl adjacent to an activating group) is 1. The zero-order valence-electron chi connectivity index (χ0n) is 10.9. The minimum Gasteiger partial charge on any atom is -0.489 e. The van der Waals surface area contributed by atoms with Crippen LogP contribution in [0.15, 0.2) is 12.1 Å². The van der Waals surface area contributed by atoms with E-state index in [-0.39, 0.29) is 12.3 Å². The highest BCUT2D eigenvalue weighted by atomic mass is 35.5. The fourth-order valence-electron chi connectivity index (χ4n) is 1.77. The van der Waals surface area contributed by atoms with Crippen molar-refractivity contribution in [3.63, 3.8) is 0 Å². The highest BCUT2D eigenvalue weighted by Gasteiger charge is 2.17. The van der Waals surface area contributed by atoms with E-state index in [4.69, 9.17) is 25.9 Å². The van der Waals surface area contributed by atoms with Crippen molar-refractivity contribution in [2.75, 3.05) is 27.4 Å². The molecule has 1 aliphatic rings. The molecular weight excluding hydrogens is 270 g/mol. The number of fused-ring (bicyclic) bond motifs is 1. The molecule has 0 N–H and O–H groups in total. The molecule has 104 valence electrons. The van der Waals surface area contributed by atoms with Crippen LogP contribution in [0.2, 0.25) is 5.02 Å². The van der Waals surface area contributed by atoms with Crippen molar-refractivity contribution in [2.45, 2.75) is 12.8 Å². The fourth-order valence-corrected chi connectivity index (χ4v) is 2.06. The maximum atomic E-state index is 11.8. The molecule has 1 amide bonds. The lowest BCUT2D eigenvalue weighted by Gasteiger charge is -2.15. The SMILES string of the molecule is CON(C)C(=O)Cc1cc(Cl)c2c(c1)OCCCO2. The second-order valence-corrected chi connectivity index (χ2v) is 4.61. The third-order valence-corrected chi connectivity index (χ3v) is 3.12. The zero-order chi connectivity index (χ0) is 13.8. The molecule has 0 fully saturated rings. The number of hydroxylamine groups is 2. The van der Waals surface area contributed by atoms with E-state index in [0.717, 1.165) is 12.0 Å². The molecule has 19 heavy (non-hydrogen) atoms. The Balaban J connectivity index is 2.21. The second kappa shape index (κ2) is 6.12. The van der Waals surface area contributed by atoms with Gasteiger partial charge in [0.25, 0.3) is 0 Å². The van der Waals surface area contributed by atoms with Crippen LogP contribution in [0.25, 0.3) is 0 Å². The highest BCUT2D eigenvalue weighted by molar-refractivity contribution is 6.32. The predicted octanol–water partition coefficient (Wildman–Crippen LogP) is 2.06. The topological polar surface area (TPSA) is 48.0 Å². The van der Waals surface area contributed by atoms with Crippen LogP contribution in [0.1, 0.15) is 12.0 Å². The molecule has 0 aliphatic carbocycles. The van der Waals surface area contributed by atoms with Crippen LogP contribution in [0.3, 0.4) is 0 Å². The van der Waals surface area contributed by atoms with Gasteiger partial charge in [-0.25, -0.2) is 5.06 Å². The number of carbonyl (C=O) groups excluding carboxylic acids is 1. The summed E-state index contributed by atoms with van der Waals surface area (Å²) >= 11 is 6.16. The van der Waals surface area contributed by atoms with E-state index in [2.05, 4.69) is 0 Å². The van der Waals surface area contributed by atoms with Crippen LogP contribution < -0.4 is 9.47 Å². The number of rotatable bonds is 3. The van der Waals surface area contributed by atoms with Crippen molar-refractivity contribution < 1.29 is 19.1 Å². The summed E-state index contributed by atoms with van der Waals surface area (Å²) < 4.78 is 11.1. The Hall–Kier alpha value is -1.46. The van der Waals surface area contributed by atoms with E-state index in [0.29, 0.717) is 29.7 Å². The number of halogens is 1. The maximum Gasteiger partial charge on any atom is 0.250 e. The van der Waals surface area contributed by atoms with Gasteiger partial charge >= 0.3 is 0 Å². The third-order valence-electron chi connectivity index (χ3n) is 2.84. The number of benzene rings is 1. The van der Waals surface area contributed by atoms with E-state index >= 15 is 0 Å². The van der Waals surface area contributed by atoms with Crippen LogP contribution in [-0.4, -0.2) is 38.3 Å². The number of hydrogen-bond acceptors (Lipinski definition) is 4. The van der Waals surface area contributed by atoms with Crippen molar-refractivity contribution in [3.8, 4) is 11.5 Å². The van der Waals surface area contributed by atoms with Gasteiger partial charge in [-0.1, -0.05) is 11.6 Å². The Morgan fingerprint density at radius 3 is 2.89 bits per heavy atom. The molecule has 0 unspecified atom stereocenters. The van der Waals surface area contributed by atoms with Gasteiger partial charge in [-0.15, -0.1) is 0 Å². The quantitative estimate of drug-likeness (QED) is 0.798. The summed E-state index contributed by atoms with van der Waals surface area (Å²) in [6, 6.07) is 3.50. The van der Waals surface area contributed by atoms with Gasteiger partial charge in [0, 0.05) is 13.5 Å². The first kappa shape index (κ1) is 14.0. The number of ether oxygens (including phenoxy) is 2. The molecule has 0 bridgehead atoms. The Kier molecular flexibility index (Phi) is 4.50. The van der Waals surface area contributed by atoms with Crippen LogP contribution >= 0.6 is 11.6 Å². The molecule has 1 aromatic rings. The lowest BCUT2D eigenvalue weighted by atomic mass is 10.1. The average molecular weight is 286 g/mol. The Bertz CT molecular complexity index is 478. The molecule has 1 heterocycles. The van der Waals surface area contributed by atoms with Crippen molar-refractivity contribution in [3.05, 3.63) is 22.7 Å². The van der Waals surface area contributed by atoms with E-state index in [1.54, 1.807) is 19.2 Å². The van der Waals surface area contributed by atoms with Crippen LogP contribution in [-0.2, 0) is 16.1 Å². The summed E-state index contributed by atoms with van der Waals surface area (Å²) in [5.41, 5.74) is 0.767. The van der Waals surface area contributed by atoms with E-state index in [1.807, 2.05) is 0 Å².